The molecule has 0 N–H and O–H groups in total. The lowest BCUT2D eigenvalue weighted by Gasteiger charge is -2.47. The molecular formula is C20H25F3N2. The van der Waals surface area contributed by atoms with Gasteiger partial charge in [-0.25, -0.2) is 0 Å². The second-order valence-corrected chi connectivity index (χ2v) is 7.88. The Hall–Kier alpha value is -1.49. The third-order valence-electron chi connectivity index (χ3n) is 6.28. The van der Waals surface area contributed by atoms with E-state index in [0.29, 0.717) is 18.8 Å². The van der Waals surface area contributed by atoms with Crippen LogP contribution in [0.5, 0.6) is 0 Å². The van der Waals surface area contributed by atoms with Gasteiger partial charge in [0.25, 0.3) is 0 Å². The first-order valence-corrected chi connectivity index (χ1v) is 9.30. The molecule has 2 aliphatic rings. The van der Waals surface area contributed by atoms with E-state index in [2.05, 4.69) is 39.9 Å². The average molecular weight is 350 g/mol. The Morgan fingerprint density at radius 1 is 1.04 bits per heavy atom. The summed E-state index contributed by atoms with van der Waals surface area (Å²) >= 11 is 0. The van der Waals surface area contributed by atoms with Gasteiger partial charge < -0.3 is 9.47 Å². The second kappa shape index (κ2) is 6.35. The maximum atomic E-state index is 13.4. The summed E-state index contributed by atoms with van der Waals surface area (Å²) in [5.41, 5.74) is -0.174. The predicted octanol–water partition coefficient (Wildman–Crippen LogP) is 5.09. The Morgan fingerprint density at radius 3 is 2.40 bits per heavy atom. The zero-order valence-corrected chi connectivity index (χ0v) is 14.4. The van der Waals surface area contributed by atoms with Gasteiger partial charge in [0.2, 0.25) is 0 Å². The van der Waals surface area contributed by atoms with Crippen LogP contribution in [0.15, 0.2) is 36.5 Å². The summed E-state index contributed by atoms with van der Waals surface area (Å²) in [6.07, 6.45) is 1.39. The highest BCUT2D eigenvalue weighted by Gasteiger charge is 2.58. The number of hydrogen-bond acceptors (Lipinski definition) is 1. The molecule has 1 aromatic heterocycles. The number of aromatic nitrogens is 1. The number of para-hydroxylation sites is 1. The molecule has 1 saturated heterocycles. The monoisotopic (exact) mass is 350 g/mol. The van der Waals surface area contributed by atoms with Gasteiger partial charge >= 0.3 is 6.18 Å². The number of likely N-dealkylation sites (tertiary alicyclic amines) is 1. The van der Waals surface area contributed by atoms with E-state index < -0.39 is 11.6 Å². The molecule has 0 spiro atoms. The van der Waals surface area contributed by atoms with Crippen molar-refractivity contribution < 1.29 is 13.2 Å². The normalized spacial score (nSPS) is 22.2. The Balaban J connectivity index is 1.34. The molecule has 1 aliphatic heterocycles. The number of benzene rings is 1. The van der Waals surface area contributed by atoms with E-state index >= 15 is 0 Å². The van der Waals surface area contributed by atoms with Crippen LogP contribution < -0.4 is 0 Å². The standard InChI is InChI=1S/C20H25F3N2/c21-20(22,23)19(9-3-10-19)15-24-11-6-16(7-12-24)14-25-13-8-17-4-1-2-5-18(17)25/h1-2,4-5,8,13,16H,3,6-7,9-12,14-15H2. The second-order valence-electron chi connectivity index (χ2n) is 7.88. The van der Waals surface area contributed by atoms with Gasteiger partial charge in [0.05, 0.1) is 5.41 Å². The number of piperidine rings is 1. The van der Waals surface area contributed by atoms with Crippen molar-refractivity contribution in [2.45, 2.75) is 44.8 Å². The van der Waals surface area contributed by atoms with Crippen LogP contribution >= 0.6 is 0 Å². The van der Waals surface area contributed by atoms with Gasteiger partial charge in [-0.15, -0.1) is 0 Å². The van der Waals surface area contributed by atoms with E-state index in [-0.39, 0.29) is 6.54 Å². The molecule has 0 unspecified atom stereocenters. The van der Waals surface area contributed by atoms with Crippen LogP contribution in [0.25, 0.3) is 10.9 Å². The lowest BCUT2D eigenvalue weighted by molar-refractivity contribution is -0.256. The van der Waals surface area contributed by atoms with Crippen molar-refractivity contribution in [3.63, 3.8) is 0 Å². The Kier molecular flexibility index (Phi) is 4.30. The molecule has 136 valence electrons. The number of hydrogen-bond donors (Lipinski definition) is 0. The van der Waals surface area contributed by atoms with E-state index in [1.165, 1.54) is 10.9 Å². The first-order valence-electron chi connectivity index (χ1n) is 9.30. The lowest BCUT2D eigenvalue weighted by Crippen LogP contribution is -2.53. The van der Waals surface area contributed by atoms with Gasteiger partial charge in [0, 0.05) is 24.8 Å². The highest BCUT2D eigenvalue weighted by molar-refractivity contribution is 5.79. The van der Waals surface area contributed by atoms with Gasteiger partial charge in [-0.3, -0.25) is 0 Å². The van der Waals surface area contributed by atoms with Crippen LogP contribution in [0.4, 0.5) is 13.2 Å². The molecule has 0 radical (unpaired) electrons. The van der Waals surface area contributed by atoms with Crippen LogP contribution in [-0.2, 0) is 6.54 Å². The van der Waals surface area contributed by atoms with Gasteiger partial charge in [0.1, 0.15) is 0 Å². The predicted molar refractivity (Wildman–Crippen MR) is 93.4 cm³/mol. The minimum Gasteiger partial charge on any atom is -0.347 e. The minimum absolute atomic E-state index is 0.204. The zero-order chi connectivity index (χ0) is 17.5. The zero-order valence-electron chi connectivity index (χ0n) is 14.4. The van der Waals surface area contributed by atoms with Crippen LogP contribution in [0.3, 0.4) is 0 Å². The van der Waals surface area contributed by atoms with Crippen molar-refractivity contribution in [2.24, 2.45) is 11.3 Å². The first kappa shape index (κ1) is 17.0. The Labute approximate surface area is 146 Å². The molecule has 0 amide bonds. The number of fused-ring (bicyclic) bond motifs is 1. The molecule has 25 heavy (non-hydrogen) atoms. The molecular weight excluding hydrogens is 325 g/mol. The third kappa shape index (κ3) is 3.19. The minimum atomic E-state index is -4.05. The van der Waals surface area contributed by atoms with E-state index in [0.717, 1.165) is 38.9 Å². The first-order chi connectivity index (χ1) is 12.0. The van der Waals surface area contributed by atoms with Crippen molar-refractivity contribution in [1.82, 2.24) is 9.47 Å². The van der Waals surface area contributed by atoms with E-state index in [9.17, 15) is 13.2 Å². The van der Waals surface area contributed by atoms with E-state index in [1.54, 1.807) is 0 Å². The molecule has 2 heterocycles. The summed E-state index contributed by atoms with van der Waals surface area (Å²) in [6, 6.07) is 10.5. The van der Waals surface area contributed by atoms with Crippen LogP contribution in [0, 0.1) is 11.3 Å². The maximum absolute atomic E-state index is 13.4. The van der Waals surface area contributed by atoms with Gasteiger partial charge in [-0.05, 0) is 62.2 Å². The molecule has 0 atom stereocenters. The van der Waals surface area contributed by atoms with Crippen molar-refractivity contribution >= 4 is 10.9 Å². The molecule has 1 aromatic carbocycles. The van der Waals surface area contributed by atoms with Gasteiger partial charge in [0.15, 0.2) is 0 Å². The molecule has 2 nitrogen and oxygen atoms in total. The number of rotatable bonds is 4. The number of alkyl halides is 3. The molecule has 2 fully saturated rings. The van der Waals surface area contributed by atoms with E-state index in [1.807, 2.05) is 6.07 Å². The SMILES string of the molecule is FC(F)(F)C1(CN2CCC(Cn3ccc4ccccc43)CC2)CCC1. The maximum Gasteiger partial charge on any atom is 0.395 e. The van der Waals surface area contributed by atoms with Gasteiger partial charge in [-0.2, -0.15) is 13.2 Å². The number of nitrogens with zero attached hydrogens (tertiary/aromatic N) is 2. The van der Waals surface area contributed by atoms with Crippen molar-refractivity contribution in [3.8, 4) is 0 Å². The largest absolute Gasteiger partial charge is 0.395 e. The molecule has 0 bridgehead atoms. The molecule has 2 aromatic rings. The Morgan fingerprint density at radius 2 is 1.76 bits per heavy atom. The van der Waals surface area contributed by atoms with E-state index in [4.69, 9.17) is 0 Å². The van der Waals surface area contributed by atoms with Gasteiger partial charge in [-0.1, -0.05) is 24.6 Å². The number of halogens is 3. The highest BCUT2D eigenvalue weighted by Crippen LogP contribution is 2.53. The summed E-state index contributed by atoms with van der Waals surface area (Å²) in [5, 5.41) is 1.25. The Bertz CT molecular complexity index is 722. The van der Waals surface area contributed by atoms with Crippen molar-refractivity contribution in [3.05, 3.63) is 36.5 Å². The molecule has 1 aliphatic carbocycles. The summed E-state index contributed by atoms with van der Waals surface area (Å²) < 4.78 is 42.4. The fourth-order valence-electron chi connectivity index (χ4n) is 4.47. The fourth-order valence-corrected chi connectivity index (χ4v) is 4.47. The lowest BCUT2D eigenvalue weighted by atomic mass is 9.67. The summed E-state index contributed by atoms with van der Waals surface area (Å²) in [7, 11) is 0. The smallest absolute Gasteiger partial charge is 0.347 e. The third-order valence-corrected chi connectivity index (χ3v) is 6.28. The summed E-state index contributed by atoms with van der Waals surface area (Å²) in [6.45, 7) is 2.75. The topological polar surface area (TPSA) is 8.17 Å². The molecule has 1 saturated carbocycles. The summed E-state index contributed by atoms with van der Waals surface area (Å²) in [5.74, 6) is 0.551. The van der Waals surface area contributed by atoms with Crippen molar-refractivity contribution in [2.75, 3.05) is 19.6 Å². The fraction of sp³-hybridized carbons (Fsp3) is 0.600. The van der Waals surface area contributed by atoms with Crippen LogP contribution in [-0.4, -0.2) is 35.3 Å². The summed E-state index contributed by atoms with van der Waals surface area (Å²) in [4.78, 5) is 2.05. The van der Waals surface area contributed by atoms with Crippen LogP contribution in [0.1, 0.15) is 32.1 Å². The quantitative estimate of drug-likeness (QED) is 0.746. The average Bonchev–Trinajstić information content (AvgIpc) is 2.94. The molecule has 5 heteroatoms. The molecule has 4 rings (SSSR count). The van der Waals surface area contributed by atoms with Crippen molar-refractivity contribution in [1.29, 1.82) is 0 Å². The highest BCUT2D eigenvalue weighted by atomic mass is 19.4. The van der Waals surface area contributed by atoms with Crippen LogP contribution in [0.2, 0.25) is 0 Å².